The Labute approximate surface area is 88.5 Å². The topological polar surface area (TPSA) is 47.0 Å². The molecule has 1 fully saturated rings. The Morgan fingerprint density at radius 1 is 1.33 bits per heavy atom. The molecule has 3 nitrogen and oxygen atoms in total. The van der Waals surface area contributed by atoms with Crippen molar-refractivity contribution in [1.82, 2.24) is 4.98 Å². The zero-order valence-electron chi connectivity index (χ0n) is 8.69. The van der Waals surface area contributed by atoms with Gasteiger partial charge in [-0.3, -0.25) is 14.6 Å². The van der Waals surface area contributed by atoms with Gasteiger partial charge in [0.1, 0.15) is 5.78 Å². The van der Waals surface area contributed by atoms with Gasteiger partial charge >= 0.3 is 0 Å². The summed E-state index contributed by atoms with van der Waals surface area (Å²) in [7, 11) is 0. The minimum Gasteiger partial charge on any atom is -0.299 e. The van der Waals surface area contributed by atoms with Crippen LogP contribution in [0.1, 0.15) is 36.5 Å². The van der Waals surface area contributed by atoms with E-state index < -0.39 is 0 Å². The van der Waals surface area contributed by atoms with E-state index in [0.29, 0.717) is 5.56 Å². The maximum absolute atomic E-state index is 11.7. The van der Waals surface area contributed by atoms with Gasteiger partial charge in [-0.05, 0) is 25.0 Å². The van der Waals surface area contributed by atoms with Gasteiger partial charge in [-0.15, -0.1) is 0 Å². The fourth-order valence-corrected chi connectivity index (χ4v) is 1.47. The van der Waals surface area contributed by atoms with Crippen molar-refractivity contribution in [2.75, 3.05) is 0 Å². The molecule has 0 amide bonds. The third kappa shape index (κ3) is 2.12. The minimum absolute atomic E-state index is 0.0283. The van der Waals surface area contributed by atoms with Gasteiger partial charge in [0.15, 0.2) is 5.78 Å². The Morgan fingerprint density at radius 3 is 2.47 bits per heavy atom. The van der Waals surface area contributed by atoms with E-state index in [-0.39, 0.29) is 23.4 Å². The lowest BCUT2D eigenvalue weighted by atomic mass is 9.97. The van der Waals surface area contributed by atoms with Crippen molar-refractivity contribution in [3.05, 3.63) is 30.1 Å². The molecule has 0 saturated heterocycles. The van der Waals surface area contributed by atoms with E-state index in [1.54, 1.807) is 24.5 Å². The molecule has 78 valence electrons. The summed E-state index contributed by atoms with van der Waals surface area (Å²) in [6.07, 6.45) is 5.01. The zero-order chi connectivity index (χ0) is 10.9. The van der Waals surface area contributed by atoms with Crippen LogP contribution in [0, 0.1) is 5.41 Å². The monoisotopic (exact) mass is 203 g/mol. The van der Waals surface area contributed by atoms with E-state index in [2.05, 4.69) is 4.98 Å². The Balaban J connectivity index is 2.02. The molecule has 0 atom stereocenters. The second kappa shape index (κ2) is 3.57. The van der Waals surface area contributed by atoms with Crippen molar-refractivity contribution in [3.63, 3.8) is 0 Å². The quantitative estimate of drug-likeness (QED) is 0.555. The summed E-state index contributed by atoms with van der Waals surface area (Å²) in [5.74, 6) is -0.0279. The smallest absolute Gasteiger partial charge is 0.170 e. The van der Waals surface area contributed by atoms with E-state index in [4.69, 9.17) is 0 Å². The van der Waals surface area contributed by atoms with Gasteiger partial charge in [0, 0.05) is 23.4 Å². The third-order valence-electron chi connectivity index (χ3n) is 3.00. The molecular formula is C12H13NO2. The van der Waals surface area contributed by atoms with Crippen molar-refractivity contribution in [1.29, 1.82) is 0 Å². The van der Waals surface area contributed by atoms with Crippen LogP contribution < -0.4 is 0 Å². The largest absolute Gasteiger partial charge is 0.299 e. The highest BCUT2D eigenvalue weighted by atomic mass is 16.1. The Hall–Kier alpha value is -1.51. The first-order valence-electron chi connectivity index (χ1n) is 5.08. The van der Waals surface area contributed by atoms with Crippen molar-refractivity contribution < 1.29 is 9.59 Å². The predicted molar refractivity (Wildman–Crippen MR) is 55.5 cm³/mol. The maximum atomic E-state index is 11.7. The summed E-state index contributed by atoms with van der Waals surface area (Å²) < 4.78 is 0. The molecule has 0 unspecified atom stereocenters. The Kier molecular flexibility index (Phi) is 2.39. The molecule has 1 heterocycles. The molecule has 0 radical (unpaired) electrons. The molecule has 3 heteroatoms. The Morgan fingerprint density at radius 2 is 1.93 bits per heavy atom. The summed E-state index contributed by atoms with van der Waals surface area (Å²) in [5.41, 5.74) is 0.366. The first kappa shape index (κ1) is 10.0. The van der Waals surface area contributed by atoms with Crippen molar-refractivity contribution in [2.24, 2.45) is 5.41 Å². The Bertz CT molecular complexity index is 393. The molecule has 0 bridgehead atoms. The number of pyridine rings is 1. The van der Waals surface area contributed by atoms with E-state index in [1.165, 1.54) is 0 Å². The van der Waals surface area contributed by atoms with Crippen LogP contribution in [-0.4, -0.2) is 16.6 Å². The average molecular weight is 203 g/mol. The lowest BCUT2D eigenvalue weighted by Crippen LogP contribution is -2.16. The van der Waals surface area contributed by atoms with Crippen LogP contribution in [0.25, 0.3) is 0 Å². The van der Waals surface area contributed by atoms with Crippen molar-refractivity contribution >= 4 is 11.6 Å². The van der Waals surface area contributed by atoms with Crippen LogP contribution >= 0.6 is 0 Å². The molecule has 0 aromatic carbocycles. The number of hydrogen-bond acceptors (Lipinski definition) is 3. The number of carbonyl (C=O) groups is 2. The van der Waals surface area contributed by atoms with Crippen LogP contribution in [0.3, 0.4) is 0 Å². The number of carbonyl (C=O) groups excluding carboxylic acids is 2. The third-order valence-corrected chi connectivity index (χ3v) is 3.00. The molecule has 0 spiro atoms. The van der Waals surface area contributed by atoms with Gasteiger partial charge in [-0.1, -0.05) is 6.92 Å². The number of ketones is 2. The maximum Gasteiger partial charge on any atom is 0.170 e. The second-order valence-electron chi connectivity index (χ2n) is 4.32. The van der Waals surface area contributed by atoms with E-state index in [0.717, 1.165) is 12.8 Å². The van der Waals surface area contributed by atoms with E-state index in [9.17, 15) is 9.59 Å². The average Bonchev–Trinajstić information content (AvgIpc) is 2.99. The highest BCUT2D eigenvalue weighted by molar-refractivity contribution is 6.09. The zero-order valence-corrected chi connectivity index (χ0v) is 8.69. The number of rotatable bonds is 4. The van der Waals surface area contributed by atoms with Crippen LogP contribution in [0.15, 0.2) is 24.5 Å². The number of hydrogen-bond donors (Lipinski definition) is 0. The lowest BCUT2D eigenvalue weighted by Gasteiger charge is -2.05. The number of nitrogens with zero attached hydrogens (tertiary/aromatic N) is 1. The predicted octanol–water partition coefficient (Wildman–Crippen LogP) is 2.02. The van der Waals surface area contributed by atoms with Crippen molar-refractivity contribution in [2.45, 2.75) is 26.2 Å². The molecule has 1 aliphatic rings. The molecule has 0 aliphatic heterocycles. The molecular weight excluding hydrogens is 190 g/mol. The molecule has 0 N–H and O–H groups in total. The number of Topliss-reactive ketones (excluding diaryl/α,β-unsaturated/α-hetero) is 2. The van der Waals surface area contributed by atoms with E-state index in [1.807, 2.05) is 6.92 Å². The lowest BCUT2D eigenvalue weighted by molar-refractivity contribution is -0.122. The summed E-state index contributed by atoms with van der Waals surface area (Å²) in [6.45, 7) is 1.93. The summed E-state index contributed by atoms with van der Waals surface area (Å²) in [6, 6.07) is 3.29. The highest BCUT2D eigenvalue weighted by Gasteiger charge is 2.44. The van der Waals surface area contributed by atoms with Gasteiger partial charge in [0.2, 0.25) is 0 Å². The minimum atomic E-state index is -0.206. The van der Waals surface area contributed by atoms with Gasteiger partial charge in [0.25, 0.3) is 0 Å². The second-order valence-corrected chi connectivity index (χ2v) is 4.32. The molecule has 1 saturated carbocycles. The highest BCUT2D eigenvalue weighted by Crippen LogP contribution is 2.46. The fourth-order valence-electron chi connectivity index (χ4n) is 1.47. The molecule has 1 aromatic rings. The fraction of sp³-hybridized carbons (Fsp3) is 0.417. The first-order chi connectivity index (χ1) is 7.12. The van der Waals surface area contributed by atoms with Crippen LogP contribution in [0.4, 0.5) is 0 Å². The molecule has 15 heavy (non-hydrogen) atoms. The van der Waals surface area contributed by atoms with Crippen LogP contribution in [-0.2, 0) is 4.79 Å². The first-order valence-corrected chi connectivity index (χ1v) is 5.08. The molecule has 1 aromatic heterocycles. The molecule has 2 rings (SSSR count). The van der Waals surface area contributed by atoms with Crippen molar-refractivity contribution in [3.8, 4) is 0 Å². The van der Waals surface area contributed by atoms with Crippen LogP contribution in [0.2, 0.25) is 0 Å². The van der Waals surface area contributed by atoms with Crippen LogP contribution in [0.5, 0.6) is 0 Å². The van der Waals surface area contributed by atoms with Gasteiger partial charge in [-0.2, -0.15) is 0 Å². The van der Waals surface area contributed by atoms with Gasteiger partial charge in [0.05, 0.1) is 6.42 Å². The normalized spacial score (nSPS) is 17.1. The van der Waals surface area contributed by atoms with E-state index >= 15 is 0 Å². The van der Waals surface area contributed by atoms with Gasteiger partial charge < -0.3 is 0 Å². The van der Waals surface area contributed by atoms with Gasteiger partial charge in [-0.25, -0.2) is 0 Å². The summed E-state index contributed by atoms with van der Waals surface area (Å²) in [5, 5.41) is 0. The molecule has 1 aliphatic carbocycles. The SMILES string of the molecule is CC1(C(=O)CC(=O)c2ccncc2)CC1. The summed E-state index contributed by atoms with van der Waals surface area (Å²) in [4.78, 5) is 27.2. The number of aromatic nitrogens is 1. The standard InChI is InChI=1S/C12H13NO2/c1-12(4-5-12)11(15)8-10(14)9-2-6-13-7-3-9/h2-3,6-7H,4-5,8H2,1H3. The summed E-state index contributed by atoms with van der Waals surface area (Å²) >= 11 is 0.